The highest BCUT2D eigenvalue weighted by molar-refractivity contribution is 5.84. The van der Waals surface area contributed by atoms with E-state index in [1.165, 1.54) is 0 Å². The third-order valence-corrected chi connectivity index (χ3v) is 5.23. The number of ether oxygens (including phenoxy) is 1. The summed E-state index contributed by atoms with van der Waals surface area (Å²) in [5.41, 5.74) is 0. The fourth-order valence-corrected chi connectivity index (χ4v) is 3.51. The molecule has 6 nitrogen and oxygen atoms in total. The number of likely N-dealkylation sites (tertiary alicyclic amines) is 1. The normalized spacial score (nSPS) is 15.3. The van der Waals surface area contributed by atoms with Crippen LogP contribution in [0.3, 0.4) is 0 Å². The molecular weight excluding hydrogens is 354 g/mol. The number of amides is 1. The van der Waals surface area contributed by atoms with Gasteiger partial charge in [0.05, 0.1) is 0 Å². The number of hydrogen-bond donors (Lipinski definition) is 0. The van der Waals surface area contributed by atoms with Crippen LogP contribution in [0.2, 0.25) is 0 Å². The number of carbonyl (C=O) groups excluding carboxylic acids is 1. The molecule has 0 unspecified atom stereocenters. The zero-order valence-electron chi connectivity index (χ0n) is 16.3. The Labute approximate surface area is 164 Å². The molecule has 146 valence electrons. The van der Waals surface area contributed by atoms with Crippen molar-refractivity contribution < 1.29 is 13.9 Å². The van der Waals surface area contributed by atoms with Crippen LogP contribution in [-0.4, -0.2) is 40.7 Å². The van der Waals surface area contributed by atoms with Crippen molar-refractivity contribution in [1.29, 1.82) is 0 Å². The standard InChI is InChI=1S/C22H25N3O3/c1-15(2)21-23-24-22(28-21)17-9-11-25(12-10-17)20(26)14-27-19-8-7-16-5-3-4-6-18(16)13-19/h3-8,13,15,17H,9-12,14H2,1-2H3. The zero-order valence-corrected chi connectivity index (χ0v) is 16.3. The summed E-state index contributed by atoms with van der Waals surface area (Å²) in [4.78, 5) is 14.4. The van der Waals surface area contributed by atoms with Gasteiger partial charge in [-0.05, 0) is 35.7 Å². The molecule has 1 saturated heterocycles. The van der Waals surface area contributed by atoms with Crippen LogP contribution in [0.15, 0.2) is 46.9 Å². The van der Waals surface area contributed by atoms with E-state index in [0.29, 0.717) is 30.6 Å². The molecule has 3 aromatic rings. The minimum absolute atomic E-state index is 0.0139. The second-order valence-corrected chi connectivity index (χ2v) is 7.59. The van der Waals surface area contributed by atoms with Gasteiger partial charge in [-0.25, -0.2) is 0 Å². The second kappa shape index (κ2) is 8.00. The maximum Gasteiger partial charge on any atom is 0.260 e. The Kier molecular flexibility index (Phi) is 5.28. The van der Waals surface area contributed by atoms with Gasteiger partial charge in [0.15, 0.2) is 6.61 Å². The Bertz CT molecular complexity index is 958. The minimum Gasteiger partial charge on any atom is -0.484 e. The number of aromatic nitrogens is 2. The van der Waals surface area contributed by atoms with Crippen molar-refractivity contribution in [3.05, 3.63) is 54.2 Å². The van der Waals surface area contributed by atoms with Crippen LogP contribution in [0.1, 0.15) is 50.3 Å². The molecule has 0 radical (unpaired) electrons. The van der Waals surface area contributed by atoms with E-state index in [-0.39, 0.29) is 24.3 Å². The Hall–Kier alpha value is -2.89. The van der Waals surface area contributed by atoms with Crippen LogP contribution in [0.5, 0.6) is 5.75 Å². The van der Waals surface area contributed by atoms with Gasteiger partial charge in [-0.15, -0.1) is 10.2 Å². The topological polar surface area (TPSA) is 68.5 Å². The Balaban J connectivity index is 1.29. The first-order chi connectivity index (χ1) is 13.6. The molecule has 0 spiro atoms. The van der Waals surface area contributed by atoms with E-state index in [1.807, 2.05) is 55.1 Å². The average Bonchev–Trinajstić information content (AvgIpc) is 3.23. The molecular formula is C22H25N3O3. The number of carbonyl (C=O) groups is 1. The van der Waals surface area contributed by atoms with E-state index in [4.69, 9.17) is 9.15 Å². The molecule has 28 heavy (non-hydrogen) atoms. The summed E-state index contributed by atoms with van der Waals surface area (Å²) in [6.45, 7) is 5.50. The Morgan fingerprint density at radius 2 is 1.89 bits per heavy atom. The van der Waals surface area contributed by atoms with Crippen molar-refractivity contribution in [2.75, 3.05) is 19.7 Å². The number of piperidine rings is 1. The highest BCUT2D eigenvalue weighted by Crippen LogP contribution is 2.28. The number of rotatable bonds is 5. The lowest BCUT2D eigenvalue weighted by molar-refractivity contribution is -0.134. The Morgan fingerprint density at radius 1 is 1.14 bits per heavy atom. The summed E-state index contributed by atoms with van der Waals surface area (Å²) in [5, 5.41) is 10.6. The molecule has 6 heteroatoms. The largest absolute Gasteiger partial charge is 0.484 e. The molecule has 0 saturated carbocycles. The number of hydrogen-bond acceptors (Lipinski definition) is 5. The molecule has 1 aliphatic rings. The average molecular weight is 379 g/mol. The summed E-state index contributed by atoms with van der Waals surface area (Å²) in [5.74, 6) is 2.56. The SMILES string of the molecule is CC(C)c1nnc(C2CCN(C(=O)COc3ccc4ccccc4c3)CC2)o1. The van der Waals surface area contributed by atoms with Gasteiger partial charge in [0, 0.05) is 24.9 Å². The molecule has 0 aliphatic carbocycles. The first-order valence-electron chi connectivity index (χ1n) is 9.83. The van der Waals surface area contributed by atoms with Crippen molar-refractivity contribution in [1.82, 2.24) is 15.1 Å². The maximum atomic E-state index is 12.5. The lowest BCUT2D eigenvalue weighted by atomic mass is 9.97. The minimum atomic E-state index is 0.0139. The van der Waals surface area contributed by atoms with Crippen LogP contribution >= 0.6 is 0 Å². The van der Waals surface area contributed by atoms with Crippen LogP contribution in [-0.2, 0) is 4.79 Å². The lowest BCUT2D eigenvalue weighted by Crippen LogP contribution is -2.40. The van der Waals surface area contributed by atoms with E-state index >= 15 is 0 Å². The number of benzene rings is 2. The van der Waals surface area contributed by atoms with Gasteiger partial charge in [-0.1, -0.05) is 44.2 Å². The van der Waals surface area contributed by atoms with Crippen molar-refractivity contribution >= 4 is 16.7 Å². The molecule has 4 rings (SSSR count). The van der Waals surface area contributed by atoms with E-state index in [9.17, 15) is 4.79 Å². The van der Waals surface area contributed by atoms with Gasteiger partial charge in [0.25, 0.3) is 5.91 Å². The van der Waals surface area contributed by atoms with Gasteiger partial charge < -0.3 is 14.1 Å². The molecule has 1 fully saturated rings. The fourth-order valence-electron chi connectivity index (χ4n) is 3.51. The van der Waals surface area contributed by atoms with E-state index in [1.54, 1.807) is 0 Å². The van der Waals surface area contributed by atoms with Crippen LogP contribution in [0.4, 0.5) is 0 Å². The molecule has 0 atom stereocenters. The highest BCUT2D eigenvalue weighted by Gasteiger charge is 2.27. The van der Waals surface area contributed by atoms with Crippen molar-refractivity contribution in [2.45, 2.75) is 38.5 Å². The highest BCUT2D eigenvalue weighted by atomic mass is 16.5. The molecule has 1 aromatic heterocycles. The van der Waals surface area contributed by atoms with E-state index in [2.05, 4.69) is 16.3 Å². The van der Waals surface area contributed by atoms with Crippen LogP contribution in [0.25, 0.3) is 10.8 Å². The predicted octanol–water partition coefficient (Wildman–Crippen LogP) is 4.13. The molecule has 2 aromatic carbocycles. The summed E-state index contributed by atoms with van der Waals surface area (Å²) in [6.07, 6.45) is 1.67. The first-order valence-corrected chi connectivity index (χ1v) is 9.83. The first kappa shape index (κ1) is 18.5. The maximum absolute atomic E-state index is 12.5. The van der Waals surface area contributed by atoms with E-state index in [0.717, 1.165) is 23.6 Å². The summed E-state index contributed by atoms with van der Waals surface area (Å²) >= 11 is 0. The van der Waals surface area contributed by atoms with Gasteiger partial charge in [0.2, 0.25) is 11.8 Å². The third kappa shape index (κ3) is 4.01. The molecule has 0 N–H and O–H groups in total. The fraction of sp³-hybridized carbons (Fsp3) is 0.409. The molecule has 0 bridgehead atoms. The van der Waals surface area contributed by atoms with Crippen molar-refractivity contribution in [3.63, 3.8) is 0 Å². The lowest BCUT2D eigenvalue weighted by Gasteiger charge is -2.30. The summed E-state index contributed by atoms with van der Waals surface area (Å²) in [6, 6.07) is 14.0. The van der Waals surface area contributed by atoms with Gasteiger partial charge >= 0.3 is 0 Å². The monoisotopic (exact) mass is 379 g/mol. The van der Waals surface area contributed by atoms with Gasteiger partial charge in [0.1, 0.15) is 5.75 Å². The Morgan fingerprint density at radius 3 is 2.61 bits per heavy atom. The van der Waals surface area contributed by atoms with Crippen LogP contribution < -0.4 is 4.74 Å². The van der Waals surface area contributed by atoms with Crippen molar-refractivity contribution in [2.24, 2.45) is 0 Å². The van der Waals surface area contributed by atoms with Gasteiger partial charge in [-0.3, -0.25) is 4.79 Å². The zero-order chi connectivity index (χ0) is 19.5. The summed E-state index contributed by atoms with van der Waals surface area (Å²) in [7, 11) is 0. The number of nitrogens with zero attached hydrogens (tertiary/aromatic N) is 3. The smallest absolute Gasteiger partial charge is 0.260 e. The van der Waals surface area contributed by atoms with Crippen LogP contribution in [0, 0.1) is 0 Å². The molecule has 2 heterocycles. The number of fused-ring (bicyclic) bond motifs is 1. The molecule has 1 amide bonds. The quantitative estimate of drug-likeness (QED) is 0.667. The molecule has 1 aliphatic heterocycles. The van der Waals surface area contributed by atoms with Crippen molar-refractivity contribution in [3.8, 4) is 5.75 Å². The van der Waals surface area contributed by atoms with Gasteiger partial charge in [-0.2, -0.15) is 0 Å². The third-order valence-electron chi connectivity index (χ3n) is 5.23. The predicted molar refractivity (Wildman–Crippen MR) is 106 cm³/mol. The second-order valence-electron chi connectivity index (χ2n) is 7.59. The van der Waals surface area contributed by atoms with E-state index < -0.39 is 0 Å². The summed E-state index contributed by atoms with van der Waals surface area (Å²) < 4.78 is 11.5.